The van der Waals surface area contributed by atoms with Crippen LogP contribution in [0.15, 0.2) is 62.8 Å². The highest BCUT2D eigenvalue weighted by molar-refractivity contribution is 7.89. The molecule has 2 aliphatic rings. The quantitative estimate of drug-likeness (QED) is 0.417. The molecule has 2 heterocycles. The summed E-state index contributed by atoms with van der Waals surface area (Å²) in [6, 6.07) is 12.2. The summed E-state index contributed by atoms with van der Waals surface area (Å²) < 4.78 is 34.4. The molecule has 2 fully saturated rings. The maximum Gasteiger partial charge on any atom is 0.243 e. The van der Waals surface area contributed by atoms with Crippen molar-refractivity contribution in [1.82, 2.24) is 8.98 Å². The Morgan fingerprint density at radius 3 is 2.34 bits per heavy atom. The van der Waals surface area contributed by atoms with Gasteiger partial charge in [0.2, 0.25) is 14.8 Å². The Bertz CT molecular complexity index is 1420. The number of hydrogen-bond acceptors (Lipinski definition) is 6. The van der Waals surface area contributed by atoms with Gasteiger partial charge < -0.3 is 4.74 Å². The fourth-order valence-corrected chi connectivity index (χ4v) is 6.65. The second kappa shape index (κ2) is 10.5. The summed E-state index contributed by atoms with van der Waals surface area (Å²) in [5.41, 5.74) is 3.55. The zero-order valence-corrected chi connectivity index (χ0v) is 22.0. The van der Waals surface area contributed by atoms with Crippen LogP contribution in [0.4, 0.5) is 5.69 Å². The van der Waals surface area contributed by atoms with E-state index in [9.17, 15) is 8.42 Å². The van der Waals surface area contributed by atoms with Gasteiger partial charge in [-0.2, -0.15) is 9.41 Å². The van der Waals surface area contributed by atoms with Crippen LogP contribution in [0.25, 0.3) is 11.3 Å². The average molecular weight is 552 g/mol. The molecule has 2 aromatic carbocycles. The molecule has 1 aliphatic heterocycles. The Morgan fingerprint density at radius 2 is 1.66 bits per heavy atom. The molecule has 0 atom stereocenters. The lowest BCUT2D eigenvalue weighted by atomic mass is 10.2. The third kappa shape index (κ3) is 5.40. The molecule has 0 N–H and O–H groups in total. The molecule has 1 saturated heterocycles. The summed E-state index contributed by atoms with van der Waals surface area (Å²) in [4.78, 5) is 5.73. The van der Waals surface area contributed by atoms with Crippen molar-refractivity contribution in [3.05, 3.63) is 62.7 Å². The SMILES string of the molecule is O=S(=O)(c1ccc(N=c2scc(-c3ccc(Cl)c(Cl)c3)n2N=C2CCCC2)cc1)N1CCOCC1. The van der Waals surface area contributed by atoms with E-state index in [-0.39, 0.29) is 4.90 Å². The number of hydrogen-bond donors (Lipinski definition) is 0. The first kappa shape index (κ1) is 24.7. The number of aromatic nitrogens is 1. The van der Waals surface area contributed by atoms with E-state index in [1.165, 1.54) is 15.6 Å². The first-order valence-electron chi connectivity index (χ1n) is 11.4. The minimum Gasteiger partial charge on any atom is -0.379 e. The summed E-state index contributed by atoms with van der Waals surface area (Å²) in [5, 5.41) is 7.89. The van der Waals surface area contributed by atoms with E-state index in [1.54, 1.807) is 30.3 Å². The molecule has 0 unspecified atom stereocenters. The minimum atomic E-state index is -3.55. The van der Waals surface area contributed by atoms with Gasteiger partial charge in [-0.3, -0.25) is 0 Å². The number of benzene rings is 2. The topological polar surface area (TPSA) is 76.3 Å². The molecule has 7 nitrogen and oxygen atoms in total. The number of thiazole rings is 1. The van der Waals surface area contributed by atoms with Gasteiger partial charge in [0, 0.05) is 29.7 Å². The second-order valence-electron chi connectivity index (χ2n) is 8.34. The Kier molecular flexibility index (Phi) is 7.43. The Morgan fingerprint density at radius 1 is 0.943 bits per heavy atom. The van der Waals surface area contributed by atoms with Crippen LogP contribution in [-0.2, 0) is 14.8 Å². The van der Waals surface area contributed by atoms with E-state index in [4.69, 9.17) is 38.0 Å². The van der Waals surface area contributed by atoms with Crippen molar-refractivity contribution < 1.29 is 13.2 Å². The van der Waals surface area contributed by atoms with E-state index < -0.39 is 10.0 Å². The van der Waals surface area contributed by atoms with Crippen molar-refractivity contribution >= 4 is 56.0 Å². The standard InChI is InChI=1S/C24H24Cl2N4O3S2/c25-21-10-5-17(15-22(21)26)23-16-34-24(30(23)28-19-3-1-2-4-19)27-18-6-8-20(9-7-18)35(31,32)29-11-13-33-14-12-29/h5-10,15-16H,1-4,11-14H2. The highest BCUT2D eigenvalue weighted by atomic mass is 35.5. The number of nitrogens with zero attached hydrogens (tertiary/aromatic N) is 4. The third-order valence-corrected chi connectivity index (χ3v) is 9.46. The smallest absolute Gasteiger partial charge is 0.243 e. The van der Waals surface area contributed by atoms with Gasteiger partial charge in [0.05, 0.1) is 39.5 Å². The van der Waals surface area contributed by atoms with Crippen LogP contribution < -0.4 is 4.80 Å². The maximum atomic E-state index is 12.9. The molecule has 1 aliphatic carbocycles. The van der Waals surface area contributed by atoms with Crippen molar-refractivity contribution in [2.24, 2.45) is 10.1 Å². The van der Waals surface area contributed by atoms with Crippen molar-refractivity contribution in [2.45, 2.75) is 30.6 Å². The van der Waals surface area contributed by atoms with Gasteiger partial charge in [-0.1, -0.05) is 29.3 Å². The lowest BCUT2D eigenvalue weighted by Crippen LogP contribution is -2.40. The Hall–Kier alpha value is -2.01. The number of rotatable bonds is 5. The first-order chi connectivity index (χ1) is 16.9. The van der Waals surface area contributed by atoms with Gasteiger partial charge in [-0.25, -0.2) is 18.1 Å². The molecule has 3 aromatic rings. The van der Waals surface area contributed by atoms with Crippen LogP contribution in [0, 0.1) is 0 Å². The van der Waals surface area contributed by atoms with E-state index in [0.29, 0.717) is 46.8 Å². The minimum absolute atomic E-state index is 0.250. The molecule has 0 radical (unpaired) electrons. The summed E-state index contributed by atoms with van der Waals surface area (Å²) in [6.07, 6.45) is 4.21. The molecular weight excluding hydrogens is 527 g/mol. The molecule has 11 heteroatoms. The number of morpholine rings is 1. The zero-order valence-electron chi connectivity index (χ0n) is 18.9. The normalized spacial score (nSPS) is 17.8. The van der Waals surface area contributed by atoms with Gasteiger partial charge in [0.15, 0.2) is 0 Å². The zero-order chi connectivity index (χ0) is 24.4. The molecule has 35 heavy (non-hydrogen) atoms. The van der Waals surface area contributed by atoms with Crippen molar-refractivity contribution in [1.29, 1.82) is 0 Å². The van der Waals surface area contributed by atoms with Crippen molar-refractivity contribution in [3.63, 3.8) is 0 Å². The molecule has 1 aromatic heterocycles. The number of halogens is 2. The number of sulfonamides is 1. The molecule has 184 valence electrons. The average Bonchev–Trinajstić information content (AvgIpc) is 3.53. The predicted molar refractivity (Wildman–Crippen MR) is 140 cm³/mol. The largest absolute Gasteiger partial charge is 0.379 e. The number of ether oxygens (including phenoxy) is 1. The fourth-order valence-electron chi connectivity index (χ4n) is 4.09. The summed E-state index contributed by atoms with van der Waals surface area (Å²) in [5.74, 6) is 0. The maximum absolute atomic E-state index is 12.9. The fraction of sp³-hybridized carbons (Fsp3) is 0.333. The van der Waals surface area contributed by atoms with Crippen LogP contribution in [0.1, 0.15) is 25.7 Å². The monoisotopic (exact) mass is 550 g/mol. The van der Waals surface area contributed by atoms with Crippen LogP contribution in [0.3, 0.4) is 0 Å². The first-order valence-corrected chi connectivity index (χ1v) is 14.4. The molecule has 1 saturated carbocycles. The van der Waals surface area contributed by atoms with E-state index >= 15 is 0 Å². The molecule has 0 spiro atoms. The second-order valence-corrected chi connectivity index (χ2v) is 11.9. The lowest BCUT2D eigenvalue weighted by Gasteiger charge is -2.26. The predicted octanol–water partition coefficient (Wildman–Crippen LogP) is 5.55. The van der Waals surface area contributed by atoms with Crippen LogP contribution >= 0.6 is 34.5 Å². The molecule has 5 rings (SSSR count). The van der Waals surface area contributed by atoms with Crippen molar-refractivity contribution in [2.75, 3.05) is 26.3 Å². The van der Waals surface area contributed by atoms with Crippen LogP contribution in [0.2, 0.25) is 10.0 Å². The van der Waals surface area contributed by atoms with E-state index in [2.05, 4.69) is 0 Å². The highest BCUT2D eigenvalue weighted by Crippen LogP contribution is 2.29. The summed E-state index contributed by atoms with van der Waals surface area (Å²) in [7, 11) is -3.55. The Balaban J connectivity index is 1.52. The van der Waals surface area contributed by atoms with Crippen molar-refractivity contribution in [3.8, 4) is 11.3 Å². The lowest BCUT2D eigenvalue weighted by molar-refractivity contribution is 0.0730. The van der Waals surface area contributed by atoms with E-state index in [0.717, 1.165) is 42.7 Å². The molecule has 0 bridgehead atoms. The molecular formula is C24H24Cl2N4O3S2. The highest BCUT2D eigenvalue weighted by Gasteiger charge is 2.26. The summed E-state index contributed by atoms with van der Waals surface area (Å²) in [6.45, 7) is 1.55. The summed E-state index contributed by atoms with van der Waals surface area (Å²) >= 11 is 13.9. The molecule has 0 amide bonds. The van der Waals surface area contributed by atoms with Gasteiger partial charge in [0.25, 0.3) is 0 Å². The van der Waals surface area contributed by atoms with Gasteiger partial charge in [-0.05, 0) is 62.1 Å². The van der Waals surface area contributed by atoms with Gasteiger partial charge in [-0.15, -0.1) is 11.3 Å². The van der Waals surface area contributed by atoms with Gasteiger partial charge >= 0.3 is 0 Å². The van der Waals surface area contributed by atoms with E-state index in [1.807, 2.05) is 22.2 Å². The Labute approximate surface area is 218 Å². The van der Waals surface area contributed by atoms with Crippen LogP contribution in [0.5, 0.6) is 0 Å². The van der Waals surface area contributed by atoms with Gasteiger partial charge in [0.1, 0.15) is 0 Å². The third-order valence-electron chi connectivity index (χ3n) is 5.99. The van der Waals surface area contributed by atoms with Crippen LogP contribution in [-0.4, -0.2) is 49.4 Å².